The fourth-order valence-electron chi connectivity index (χ4n) is 2.13. The fourth-order valence-corrected chi connectivity index (χ4v) is 2.13. The number of hydrogen-bond donors (Lipinski definition) is 0. The molecule has 3 heterocycles. The molecule has 0 atom stereocenters. The maximum Gasteiger partial charge on any atom is 0.138 e. The first-order valence-corrected chi connectivity index (χ1v) is 5.87. The van der Waals surface area contributed by atoms with Gasteiger partial charge in [-0.1, -0.05) is 0 Å². The van der Waals surface area contributed by atoms with Gasteiger partial charge in [-0.15, -0.1) is 0 Å². The minimum atomic E-state index is 0.700. The van der Waals surface area contributed by atoms with Crippen molar-refractivity contribution < 1.29 is 0 Å². The lowest BCUT2D eigenvalue weighted by Crippen LogP contribution is -1.92. The van der Waals surface area contributed by atoms with E-state index < -0.39 is 0 Å². The Bertz CT molecular complexity index is 675. The first kappa shape index (κ1) is 8.98. The average molecular weight is 224 g/mol. The van der Waals surface area contributed by atoms with Crippen LogP contribution < -0.4 is 0 Å². The second kappa shape index (κ2) is 3.20. The van der Waals surface area contributed by atoms with Crippen LogP contribution in [0.5, 0.6) is 0 Å². The van der Waals surface area contributed by atoms with Gasteiger partial charge in [0.1, 0.15) is 5.65 Å². The first-order valence-electron chi connectivity index (χ1n) is 5.87. The molecule has 0 aromatic carbocycles. The van der Waals surface area contributed by atoms with E-state index in [1.807, 2.05) is 29.3 Å². The van der Waals surface area contributed by atoms with Gasteiger partial charge in [-0.25, -0.2) is 9.97 Å². The van der Waals surface area contributed by atoms with Gasteiger partial charge in [0.25, 0.3) is 0 Å². The summed E-state index contributed by atoms with van der Waals surface area (Å²) in [5.41, 5.74) is 3.29. The average Bonchev–Trinajstić information content (AvgIpc) is 2.93. The third-order valence-electron chi connectivity index (χ3n) is 3.28. The highest BCUT2D eigenvalue weighted by molar-refractivity contribution is 5.48. The molecule has 0 spiro atoms. The summed E-state index contributed by atoms with van der Waals surface area (Å²) >= 11 is 0. The number of imidazole rings is 2. The highest BCUT2D eigenvalue weighted by Crippen LogP contribution is 2.39. The van der Waals surface area contributed by atoms with Crippen molar-refractivity contribution in [2.24, 2.45) is 0 Å². The Morgan fingerprint density at radius 3 is 3.00 bits per heavy atom. The molecule has 0 aliphatic heterocycles. The van der Waals surface area contributed by atoms with Crippen LogP contribution in [0.4, 0.5) is 0 Å². The zero-order valence-electron chi connectivity index (χ0n) is 9.32. The minimum absolute atomic E-state index is 0.700. The topological polar surface area (TPSA) is 35.1 Å². The summed E-state index contributed by atoms with van der Waals surface area (Å²) in [7, 11) is 0. The van der Waals surface area contributed by atoms with Crippen LogP contribution in [0.1, 0.15) is 24.5 Å². The lowest BCUT2D eigenvalue weighted by atomic mass is 10.3. The molecule has 3 aromatic rings. The molecule has 4 nitrogen and oxygen atoms in total. The van der Waals surface area contributed by atoms with Crippen LogP contribution in [-0.4, -0.2) is 18.9 Å². The van der Waals surface area contributed by atoms with Gasteiger partial charge in [0, 0.05) is 36.8 Å². The second-order valence-electron chi connectivity index (χ2n) is 4.56. The van der Waals surface area contributed by atoms with Crippen LogP contribution in [0.2, 0.25) is 0 Å². The van der Waals surface area contributed by atoms with Crippen molar-refractivity contribution in [3.63, 3.8) is 0 Å². The molecule has 1 saturated carbocycles. The monoisotopic (exact) mass is 224 g/mol. The number of fused-ring (bicyclic) bond motifs is 1. The summed E-state index contributed by atoms with van der Waals surface area (Å²) in [4.78, 5) is 8.75. The molecule has 0 amide bonds. The van der Waals surface area contributed by atoms with Gasteiger partial charge in [-0.3, -0.25) is 0 Å². The molecule has 4 heteroatoms. The standard InChI is InChI=1S/C13H12N4/c1-2-10(1)12-8-17(9-15-12)11-3-5-16-6-4-14-13(16)7-11/h3-10H,1-2H2. The fraction of sp³-hybridized carbons (Fsp3) is 0.231. The molecule has 0 unspecified atom stereocenters. The van der Waals surface area contributed by atoms with Gasteiger partial charge in [0.05, 0.1) is 17.7 Å². The van der Waals surface area contributed by atoms with E-state index in [-0.39, 0.29) is 0 Å². The third kappa shape index (κ3) is 1.45. The molecule has 0 bridgehead atoms. The molecule has 0 radical (unpaired) electrons. The van der Waals surface area contributed by atoms with Gasteiger partial charge in [-0.05, 0) is 18.9 Å². The highest BCUT2D eigenvalue weighted by Gasteiger charge is 2.25. The largest absolute Gasteiger partial charge is 0.307 e. The SMILES string of the molecule is c1cn2ccc(-n3cnc(C4CC4)c3)cc2n1. The van der Waals surface area contributed by atoms with Crippen molar-refractivity contribution >= 4 is 5.65 Å². The van der Waals surface area contributed by atoms with Crippen LogP contribution in [0.25, 0.3) is 11.3 Å². The zero-order chi connectivity index (χ0) is 11.2. The predicted octanol–water partition coefficient (Wildman–Crippen LogP) is 2.40. The van der Waals surface area contributed by atoms with Crippen LogP contribution in [0, 0.1) is 0 Å². The van der Waals surface area contributed by atoms with E-state index in [2.05, 4.69) is 32.9 Å². The number of rotatable bonds is 2. The van der Waals surface area contributed by atoms with Crippen molar-refractivity contribution in [1.82, 2.24) is 18.9 Å². The molecule has 4 rings (SSSR count). The molecule has 0 N–H and O–H groups in total. The second-order valence-corrected chi connectivity index (χ2v) is 4.56. The molecular formula is C13H12N4. The van der Waals surface area contributed by atoms with Gasteiger partial charge in [-0.2, -0.15) is 0 Å². The van der Waals surface area contributed by atoms with Crippen molar-refractivity contribution in [3.8, 4) is 5.69 Å². The van der Waals surface area contributed by atoms with Crippen molar-refractivity contribution in [2.75, 3.05) is 0 Å². The van der Waals surface area contributed by atoms with Gasteiger partial charge in [0.15, 0.2) is 0 Å². The zero-order valence-corrected chi connectivity index (χ0v) is 9.32. The summed E-state index contributed by atoms with van der Waals surface area (Å²) in [5.74, 6) is 0.700. The molecule has 1 fully saturated rings. The van der Waals surface area contributed by atoms with Crippen LogP contribution >= 0.6 is 0 Å². The molecule has 1 aliphatic carbocycles. The quantitative estimate of drug-likeness (QED) is 0.670. The Morgan fingerprint density at radius 2 is 2.12 bits per heavy atom. The molecule has 84 valence electrons. The number of aromatic nitrogens is 4. The Morgan fingerprint density at radius 1 is 1.18 bits per heavy atom. The van der Waals surface area contributed by atoms with Gasteiger partial charge < -0.3 is 8.97 Å². The maximum atomic E-state index is 4.46. The summed E-state index contributed by atoms with van der Waals surface area (Å²) in [6.45, 7) is 0. The van der Waals surface area contributed by atoms with Crippen LogP contribution in [0.3, 0.4) is 0 Å². The summed E-state index contributed by atoms with van der Waals surface area (Å²) in [6, 6.07) is 4.14. The van der Waals surface area contributed by atoms with Crippen LogP contribution in [-0.2, 0) is 0 Å². The number of hydrogen-bond acceptors (Lipinski definition) is 2. The molecule has 0 saturated heterocycles. The summed E-state index contributed by atoms with van der Waals surface area (Å²) in [5, 5.41) is 0. The van der Waals surface area contributed by atoms with Gasteiger partial charge >= 0.3 is 0 Å². The van der Waals surface area contributed by atoms with Gasteiger partial charge in [0.2, 0.25) is 0 Å². The normalized spacial score (nSPS) is 15.5. The lowest BCUT2D eigenvalue weighted by molar-refractivity contribution is 1.04. The van der Waals surface area contributed by atoms with Crippen molar-refractivity contribution in [2.45, 2.75) is 18.8 Å². The Kier molecular flexibility index (Phi) is 1.69. The molecule has 3 aromatic heterocycles. The number of pyridine rings is 1. The molecule has 1 aliphatic rings. The van der Waals surface area contributed by atoms with E-state index in [1.165, 1.54) is 18.5 Å². The summed E-state index contributed by atoms with van der Waals surface area (Å²) < 4.78 is 4.07. The van der Waals surface area contributed by atoms with Crippen molar-refractivity contribution in [3.05, 3.63) is 48.9 Å². The van der Waals surface area contributed by atoms with Crippen LogP contribution in [0.15, 0.2) is 43.2 Å². The first-order chi connectivity index (χ1) is 8.40. The smallest absolute Gasteiger partial charge is 0.138 e. The molecular weight excluding hydrogens is 212 g/mol. The lowest BCUT2D eigenvalue weighted by Gasteiger charge is -2.02. The Labute approximate surface area is 98.6 Å². The van der Waals surface area contributed by atoms with Crippen molar-refractivity contribution in [1.29, 1.82) is 0 Å². The Balaban J connectivity index is 1.80. The van der Waals surface area contributed by atoms with E-state index in [0.29, 0.717) is 5.92 Å². The van der Waals surface area contributed by atoms with E-state index in [0.717, 1.165) is 11.3 Å². The highest BCUT2D eigenvalue weighted by atomic mass is 15.1. The predicted molar refractivity (Wildman–Crippen MR) is 64.3 cm³/mol. The maximum absolute atomic E-state index is 4.46. The molecule has 17 heavy (non-hydrogen) atoms. The van der Waals surface area contributed by atoms with E-state index >= 15 is 0 Å². The third-order valence-corrected chi connectivity index (χ3v) is 3.28. The summed E-state index contributed by atoms with van der Waals surface area (Å²) in [6.07, 6.45) is 12.4. The number of nitrogens with zero attached hydrogens (tertiary/aromatic N) is 4. The van der Waals surface area contributed by atoms with E-state index in [4.69, 9.17) is 0 Å². The van der Waals surface area contributed by atoms with E-state index in [1.54, 1.807) is 0 Å². The minimum Gasteiger partial charge on any atom is -0.307 e. The van der Waals surface area contributed by atoms with E-state index in [9.17, 15) is 0 Å². The Hall–Kier alpha value is -2.10.